The average Bonchev–Trinajstić information content (AvgIpc) is 2.49. The molecule has 1 N–H and O–H groups in total. The lowest BCUT2D eigenvalue weighted by Crippen LogP contribution is -2.27. The minimum Gasteiger partial charge on any atom is -0.497 e. The topological polar surface area (TPSA) is 38.3 Å². The third-order valence-electron chi connectivity index (χ3n) is 3.31. The fraction of sp³-hybridized carbons (Fsp3) is 0.235. The van der Waals surface area contributed by atoms with Gasteiger partial charge in [0.15, 0.2) is 0 Å². The van der Waals surface area contributed by atoms with Gasteiger partial charge in [0.2, 0.25) is 0 Å². The molecular weight excluding hydrogens is 330 g/mol. The van der Waals surface area contributed by atoms with Crippen LogP contribution in [0.25, 0.3) is 0 Å². The Balaban J connectivity index is 2.16. The third kappa shape index (κ3) is 3.85. The van der Waals surface area contributed by atoms with E-state index < -0.39 is 0 Å². The Bertz CT molecular complexity index is 655. The maximum Gasteiger partial charge on any atom is 0.252 e. The molecule has 0 aliphatic carbocycles. The van der Waals surface area contributed by atoms with Crippen molar-refractivity contribution in [2.75, 3.05) is 7.11 Å². The van der Waals surface area contributed by atoms with Gasteiger partial charge < -0.3 is 10.1 Å². The van der Waals surface area contributed by atoms with E-state index in [4.69, 9.17) is 4.74 Å². The SMILES string of the molecule is COc1cccc(C(C)NC(=O)c2cc(C)ccc2Br)c1. The Morgan fingerprint density at radius 3 is 2.71 bits per heavy atom. The molecule has 0 bridgehead atoms. The minimum absolute atomic E-state index is 0.0964. The van der Waals surface area contributed by atoms with Crippen molar-refractivity contribution in [2.24, 2.45) is 0 Å². The van der Waals surface area contributed by atoms with Crippen LogP contribution in [0.5, 0.6) is 5.75 Å². The van der Waals surface area contributed by atoms with Crippen LogP contribution in [0.4, 0.5) is 0 Å². The van der Waals surface area contributed by atoms with Crippen LogP contribution in [0.1, 0.15) is 34.5 Å². The molecule has 110 valence electrons. The predicted molar refractivity (Wildman–Crippen MR) is 87.8 cm³/mol. The molecule has 0 aliphatic heterocycles. The van der Waals surface area contributed by atoms with Crippen molar-refractivity contribution in [3.05, 3.63) is 63.6 Å². The fourth-order valence-electron chi connectivity index (χ4n) is 2.08. The summed E-state index contributed by atoms with van der Waals surface area (Å²) < 4.78 is 6.00. The number of nitrogens with one attached hydrogen (secondary N) is 1. The predicted octanol–water partition coefficient (Wildman–Crippen LogP) is 4.26. The van der Waals surface area contributed by atoms with Crippen LogP contribution < -0.4 is 10.1 Å². The summed E-state index contributed by atoms with van der Waals surface area (Å²) in [5.41, 5.74) is 2.70. The monoisotopic (exact) mass is 347 g/mol. The van der Waals surface area contributed by atoms with Gasteiger partial charge in [0.1, 0.15) is 5.75 Å². The van der Waals surface area contributed by atoms with E-state index in [2.05, 4.69) is 21.2 Å². The van der Waals surface area contributed by atoms with E-state index in [-0.39, 0.29) is 11.9 Å². The van der Waals surface area contributed by atoms with E-state index in [9.17, 15) is 4.79 Å². The van der Waals surface area contributed by atoms with E-state index in [0.29, 0.717) is 5.56 Å². The summed E-state index contributed by atoms with van der Waals surface area (Å²) in [6, 6.07) is 13.3. The lowest BCUT2D eigenvalue weighted by molar-refractivity contribution is 0.0939. The molecule has 21 heavy (non-hydrogen) atoms. The highest BCUT2D eigenvalue weighted by Gasteiger charge is 2.14. The average molecular weight is 348 g/mol. The number of carbonyl (C=O) groups is 1. The van der Waals surface area contributed by atoms with Crippen LogP contribution in [0, 0.1) is 6.92 Å². The van der Waals surface area contributed by atoms with Gasteiger partial charge >= 0.3 is 0 Å². The Kier molecular flexibility index (Phi) is 5.02. The maximum atomic E-state index is 12.4. The third-order valence-corrected chi connectivity index (χ3v) is 4.00. The van der Waals surface area contributed by atoms with Gasteiger partial charge in [-0.1, -0.05) is 23.8 Å². The second-order valence-corrected chi connectivity index (χ2v) is 5.81. The van der Waals surface area contributed by atoms with Gasteiger partial charge in [-0.15, -0.1) is 0 Å². The number of aryl methyl sites for hydroxylation is 1. The molecule has 0 aromatic heterocycles. The molecule has 0 fully saturated rings. The number of methoxy groups -OCH3 is 1. The van der Waals surface area contributed by atoms with Gasteiger partial charge in [0.25, 0.3) is 5.91 Å². The normalized spacial score (nSPS) is 11.8. The number of ether oxygens (including phenoxy) is 1. The zero-order chi connectivity index (χ0) is 15.4. The molecule has 4 heteroatoms. The summed E-state index contributed by atoms with van der Waals surface area (Å²) >= 11 is 3.42. The molecule has 0 spiro atoms. The highest BCUT2D eigenvalue weighted by Crippen LogP contribution is 2.21. The standard InChI is InChI=1S/C17H18BrNO2/c1-11-7-8-16(18)15(9-11)17(20)19-12(2)13-5-4-6-14(10-13)21-3/h4-10,12H,1-3H3,(H,19,20). The first-order valence-electron chi connectivity index (χ1n) is 6.72. The first-order valence-corrected chi connectivity index (χ1v) is 7.51. The molecule has 0 radical (unpaired) electrons. The van der Waals surface area contributed by atoms with Crippen molar-refractivity contribution in [3.8, 4) is 5.75 Å². The van der Waals surface area contributed by atoms with Crippen molar-refractivity contribution >= 4 is 21.8 Å². The molecule has 2 aromatic rings. The molecule has 2 aromatic carbocycles. The van der Waals surface area contributed by atoms with Crippen LogP contribution in [0.3, 0.4) is 0 Å². The smallest absolute Gasteiger partial charge is 0.252 e. The molecule has 1 amide bonds. The quantitative estimate of drug-likeness (QED) is 0.897. The number of benzene rings is 2. The van der Waals surface area contributed by atoms with Crippen molar-refractivity contribution in [1.29, 1.82) is 0 Å². The Labute approximate surface area is 133 Å². The number of hydrogen-bond acceptors (Lipinski definition) is 2. The number of hydrogen-bond donors (Lipinski definition) is 1. The van der Waals surface area contributed by atoms with Gasteiger partial charge in [-0.25, -0.2) is 0 Å². The Hall–Kier alpha value is -1.81. The molecular formula is C17H18BrNO2. The Morgan fingerprint density at radius 1 is 1.24 bits per heavy atom. The van der Waals surface area contributed by atoms with Gasteiger partial charge in [-0.3, -0.25) is 4.79 Å². The molecule has 1 unspecified atom stereocenters. The summed E-state index contributed by atoms with van der Waals surface area (Å²) in [7, 11) is 1.63. The number of carbonyl (C=O) groups excluding carboxylic acids is 1. The van der Waals surface area contributed by atoms with E-state index in [1.807, 2.05) is 56.3 Å². The largest absolute Gasteiger partial charge is 0.497 e. The molecule has 0 aliphatic rings. The molecule has 2 rings (SSSR count). The molecule has 1 atom stereocenters. The van der Waals surface area contributed by atoms with Crippen LogP contribution in [-0.4, -0.2) is 13.0 Å². The van der Waals surface area contributed by atoms with Crippen molar-refractivity contribution in [2.45, 2.75) is 19.9 Å². The van der Waals surface area contributed by atoms with Crippen molar-refractivity contribution in [3.63, 3.8) is 0 Å². The number of amides is 1. The second kappa shape index (κ2) is 6.76. The van der Waals surface area contributed by atoms with Crippen molar-refractivity contribution < 1.29 is 9.53 Å². The summed E-state index contributed by atoms with van der Waals surface area (Å²) in [5, 5.41) is 3.01. The van der Waals surface area contributed by atoms with Gasteiger partial charge in [0, 0.05) is 4.47 Å². The second-order valence-electron chi connectivity index (χ2n) is 4.96. The van der Waals surface area contributed by atoms with Crippen LogP contribution >= 0.6 is 15.9 Å². The van der Waals surface area contributed by atoms with Crippen LogP contribution in [0.15, 0.2) is 46.9 Å². The van der Waals surface area contributed by atoms with Crippen LogP contribution in [-0.2, 0) is 0 Å². The highest BCUT2D eigenvalue weighted by molar-refractivity contribution is 9.10. The van der Waals surface area contributed by atoms with Crippen LogP contribution in [0.2, 0.25) is 0 Å². The Morgan fingerprint density at radius 2 is 2.00 bits per heavy atom. The molecule has 3 nitrogen and oxygen atoms in total. The summed E-state index contributed by atoms with van der Waals surface area (Å²) in [4.78, 5) is 12.4. The summed E-state index contributed by atoms with van der Waals surface area (Å²) in [6.07, 6.45) is 0. The van der Waals surface area contributed by atoms with Gasteiger partial charge in [-0.2, -0.15) is 0 Å². The number of rotatable bonds is 4. The van der Waals surface area contributed by atoms with Gasteiger partial charge in [-0.05, 0) is 59.6 Å². The first kappa shape index (κ1) is 15.6. The van der Waals surface area contributed by atoms with E-state index in [0.717, 1.165) is 21.3 Å². The lowest BCUT2D eigenvalue weighted by Gasteiger charge is -2.16. The summed E-state index contributed by atoms with van der Waals surface area (Å²) in [5.74, 6) is 0.686. The highest BCUT2D eigenvalue weighted by atomic mass is 79.9. The molecule has 0 saturated heterocycles. The number of halogens is 1. The zero-order valence-electron chi connectivity index (χ0n) is 12.3. The minimum atomic E-state index is -0.0972. The van der Waals surface area contributed by atoms with E-state index >= 15 is 0 Å². The lowest BCUT2D eigenvalue weighted by atomic mass is 10.1. The fourth-order valence-corrected chi connectivity index (χ4v) is 2.51. The van der Waals surface area contributed by atoms with Gasteiger partial charge in [0.05, 0.1) is 18.7 Å². The van der Waals surface area contributed by atoms with E-state index in [1.165, 1.54) is 0 Å². The van der Waals surface area contributed by atoms with E-state index in [1.54, 1.807) is 7.11 Å². The maximum absolute atomic E-state index is 12.4. The summed E-state index contributed by atoms with van der Waals surface area (Å²) in [6.45, 7) is 3.92. The molecule has 0 heterocycles. The molecule has 0 saturated carbocycles. The first-order chi connectivity index (χ1) is 10.0. The van der Waals surface area contributed by atoms with Crippen molar-refractivity contribution in [1.82, 2.24) is 5.32 Å². The zero-order valence-corrected chi connectivity index (χ0v) is 13.9.